The van der Waals surface area contributed by atoms with E-state index in [1.807, 2.05) is 0 Å². The van der Waals surface area contributed by atoms with Crippen molar-refractivity contribution in [2.75, 3.05) is 5.75 Å². The van der Waals surface area contributed by atoms with Crippen LogP contribution in [0, 0.1) is 17.1 Å². The van der Waals surface area contributed by atoms with E-state index in [0.717, 1.165) is 0 Å². The van der Waals surface area contributed by atoms with Gasteiger partial charge in [0.15, 0.2) is 5.76 Å². The van der Waals surface area contributed by atoms with Gasteiger partial charge in [0, 0.05) is 12.3 Å². The molecule has 1 fully saturated rings. The molecule has 3 heterocycles. The summed E-state index contributed by atoms with van der Waals surface area (Å²) in [6.45, 7) is 0. The van der Waals surface area contributed by atoms with E-state index in [-0.39, 0.29) is 29.4 Å². The molecule has 0 saturated carbocycles. The number of carbonyl (C=O) groups is 1. The van der Waals surface area contributed by atoms with Crippen LogP contribution >= 0.6 is 11.8 Å². The molecule has 1 amide bonds. The van der Waals surface area contributed by atoms with Crippen molar-refractivity contribution in [1.82, 2.24) is 4.90 Å². The van der Waals surface area contributed by atoms with Gasteiger partial charge in [0.1, 0.15) is 5.82 Å². The van der Waals surface area contributed by atoms with Crippen LogP contribution < -0.4 is 0 Å². The van der Waals surface area contributed by atoms with E-state index < -0.39 is 17.5 Å². The van der Waals surface area contributed by atoms with Gasteiger partial charge in [-0.15, -0.1) is 11.8 Å². The van der Waals surface area contributed by atoms with Crippen molar-refractivity contribution in [3.63, 3.8) is 0 Å². The van der Waals surface area contributed by atoms with Crippen molar-refractivity contribution < 1.29 is 18.7 Å². The van der Waals surface area contributed by atoms with Crippen molar-refractivity contribution in [2.24, 2.45) is 0 Å². The molecule has 7 heteroatoms. The van der Waals surface area contributed by atoms with Crippen molar-refractivity contribution in [2.45, 2.75) is 18.1 Å². The summed E-state index contributed by atoms with van der Waals surface area (Å²) in [6.07, 6.45) is 1.33. The van der Waals surface area contributed by atoms with Crippen molar-refractivity contribution in [1.29, 1.82) is 5.26 Å². The molecule has 2 unspecified atom stereocenters. The third kappa shape index (κ3) is 2.29. The number of benzene rings is 1. The highest BCUT2D eigenvalue weighted by molar-refractivity contribution is 8.03. The zero-order valence-electron chi connectivity index (χ0n) is 13.0. The molecule has 1 aromatic heterocycles. The van der Waals surface area contributed by atoms with E-state index in [4.69, 9.17) is 4.42 Å². The summed E-state index contributed by atoms with van der Waals surface area (Å²) in [6, 6.07) is 11.5. The highest BCUT2D eigenvalue weighted by Gasteiger charge is 2.53. The average Bonchev–Trinajstić information content (AvgIpc) is 3.25. The molecule has 0 bridgehead atoms. The molecule has 2 aliphatic heterocycles. The number of allylic oxidation sites excluding steroid dienone is 1. The molecule has 1 saturated heterocycles. The second kappa shape index (κ2) is 5.76. The fourth-order valence-corrected chi connectivity index (χ4v) is 4.67. The van der Waals surface area contributed by atoms with Crippen LogP contribution in [0.25, 0.3) is 0 Å². The molecular formula is C18H13FN2O3S. The van der Waals surface area contributed by atoms with Gasteiger partial charge >= 0.3 is 0 Å². The van der Waals surface area contributed by atoms with Crippen LogP contribution in [0.15, 0.2) is 57.7 Å². The van der Waals surface area contributed by atoms with Crippen LogP contribution in [-0.2, 0) is 10.5 Å². The smallest absolute Gasteiger partial charge is 0.231 e. The molecule has 5 nitrogen and oxygen atoms in total. The molecule has 0 aliphatic carbocycles. The minimum atomic E-state index is -1.64. The summed E-state index contributed by atoms with van der Waals surface area (Å²) in [4.78, 5) is 14.0. The molecule has 0 radical (unpaired) electrons. The first-order valence-electron chi connectivity index (χ1n) is 7.67. The number of halogens is 1. The van der Waals surface area contributed by atoms with E-state index in [2.05, 4.69) is 6.07 Å². The Kier molecular flexibility index (Phi) is 3.67. The predicted molar refractivity (Wildman–Crippen MR) is 88.3 cm³/mol. The van der Waals surface area contributed by atoms with Crippen LogP contribution in [-0.4, -0.2) is 21.7 Å². The van der Waals surface area contributed by atoms with E-state index in [0.29, 0.717) is 10.6 Å². The van der Waals surface area contributed by atoms with Gasteiger partial charge in [-0.3, -0.25) is 9.69 Å². The SMILES string of the molecule is N#CC1=C2SCC(O)(c3ccco3)N2C(=O)CC1c1ccccc1F. The van der Waals surface area contributed by atoms with E-state index in [1.54, 1.807) is 30.3 Å². The number of nitriles is 1. The Morgan fingerprint density at radius 2 is 2.16 bits per heavy atom. The molecule has 2 aliphatic rings. The van der Waals surface area contributed by atoms with Crippen LogP contribution in [0.2, 0.25) is 0 Å². The maximum atomic E-state index is 14.2. The van der Waals surface area contributed by atoms with Gasteiger partial charge in [0.25, 0.3) is 0 Å². The number of carbonyl (C=O) groups excluding carboxylic acids is 1. The highest BCUT2D eigenvalue weighted by atomic mass is 32.2. The summed E-state index contributed by atoms with van der Waals surface area (Å²) in [5, 5.41) is 21.0. The zero-order valence-corrected chi connectivity index (χ0v) is 13.8. The Balaban J connectivity index is 1.85. The minimum Gasteiger partial charge on any atom is -0.464 e. The maximum absolute atomic E-state index is 14.2. The summed E-state index contributed by atoms with van der Waals surface area (Å²) in [5.41, 5.74) is -1.03. The highest BCUT2D eigenvalue weighted by Crippen LogP contribution is 2.51. The van der Waals surface area contributed by atoms with Gasteiger partial charge in [-0.1, -0.05) is 18.2 Å². The largest absolute Gasteiger partial charge is 0.464 e. The van der Waals surface area contributed by atoms with Crippen molar-refractivity contribution in [3.05, 3.63) is 70.4 Å². The molecule has 4 rings (SSSR count). The molecule has 1 aromatic carbocycles. The number of hydrogen-bond acceptors (Lipinski definition) is 5. The number of thioether (sulfide) groups is 1. The summed E-state index contributed by atoms with van der Waals surface area (Å²) < 4.78 is 19.5. The van der Waals surface area contributed by atoms with Gasteiger partial charge in [0.05, 0.1) is 28.7 Å². The third-order valence-electron chi connectivity index (χ3n) is 4.51. The van der Waals surface area contributed by atoms with Gasteiger partial charge in [0.2, 0.25) is 11.6 Å². The second-order valence-electron chi connectivity index (χ2n) is 5.92. The van der Waals surface area contributed by atoms with E-state index >= 15 is 0 Å². The van der Waals surface area contributed by atoms with Crippen LogP contribution in [0.3, 0.4) is 0 Å². The van der Waals surface area contributed by atoms with Gasteiger partial charge in [-0.05, 0) is 23.8 Å². The lowest BCUT2D eigenvalue weighted by Crippen LogP contribution is -2.48. The number of nitrogens with zero attached hydrogens (tertiary/aromatic N) is 2. The van der Waals surface area contributed by atoms with Crippen LogP contribution in [0.5, 0.6) is 0 Å². The molecule has 1 N–H and O–H groups in total. The van der Waals surface area contributed by atoms with Crippen LogP contribution in [0.4, 0.5) is 4.39 Å². The topological polar surface area (TPSA) is 77.5 Å². The number of fused-ring (bicyclic) bond motifs is 1. The second-order valence-corrected chi connectivity index (χ2v) is 6.88. The predicted octanol–water partition coefficient (Wildman–Crippen LogP) is 3.06. The normalized spacial score (nSPS) is 25.9. The van der Waals surface area contributed by atoms with E-state index in [1.165, 1.54) is 29.0 Å². The lowest BCUT2D eigenvalue weighted by Gasteiger charge is -2.36. The quantitative estimate of drug-likeness (QED) is 0.895. The Morgan fingerprint density at radius 1 is 1.36 bits per heavy atom. The number of amides is 1. The summed E-state index contributed by atoms with van der Waals surface area (Å²) in [5.74, 6) is -1.09. The number of aliphatic hydroxyl groups is 1. The third-order valence-corrected chi connectivity index (χ3v) is 5.73. The Hall–Kier alpha value is -2.56. The van der Waals surface area contributed by atoms with Crippen LogP contribution in [0.1, 0.15) is 23.7 Å². The van der Waals surface area contributed by atoms with Gasteiger partial charge in [-0.25, -0.2) is 4.39 Å². The standard InChI is InChI=1S/C18H13FN2O3S/c19-14-5-2-1-4-11(14)12-8-16(22)21-17(13(12)9-20)25-10-18(21,23)15-6-3-7-24-15/h1-7,12,23H,8,10H2. The lowest BCUT2D eigenvalue weighted by molar-refractivity contribution is -0.152. The fraction of sp³-hybridized carbons (Fsp3) is 0.222. The Labute approximate surface area is 147 Å². The molecular weight excluding hydrogens is 343 g/mol. The van der Waals surface area contributed by atoms with E-state index in [9.17, 15) is 19.6 Å². The molecule has 126 valence electrons. The molecule has 25 heavy (non-hydrogen) atoms. The number of furan rings is 1. The van der Waals surface area contributed by atoms with Crippen molar-refractivity contribution in [3.8, 4) is 6.07 Å². The fourth-order valence-electron chi connectivity index (χ4n) is 3.34. The monoisotopic (exact) mass is 356 g/mol. The Bertz CT molecular complexity index is 919. The zero-order chi connectivity index (χ0) is 17.6. The Morgan fingerprint density at radius 3 is 2.84 bits per heavy atom. The first-order valence-corrected chi connectivity index (χ1v) is 8.65. The van der Waals surface area contributed by atoms with Gasteiger partial charge < -0.3 is 9.52 Å². The lowest BCUT2D eigenvalue weighted by atomic mass is 9.85. The molecule has 0 spiro atoms. The number of rotatable bonds is 2. The minimum absolute atomic E-state index is 0.0864. The maximum Gasteiger partial charge on any atom is 0.231 e. The van der Waals surface area contributed by atoms with Crippen molar-refractivity contribution >= 4 is 17.7 Å². The van der Waals surface area contributed by atoms with Gasteiger partial charge in [-0.2, -0.15) is 5.26 Å². The first kappa shape index (κ1) is 15.9. The number of hydrogen-bond donors (Lipinski definition) is 1. The summed E-state index contributed by atoms with van der Waals surface area (Å²) in [7, 11) is 0. The summed E-state index contributed by atoms with van der Waals surface area (Å²) >= 11 is 1.20. The molecule has 2 aromatic rings. The molecule has 2 atom stereocenters. The average molecular weight is 356 g/mol. The first-order chi connectivity index (χ1) is 12.1.